The minimum Gasteiger partial charge on any atom is -0.454 e. The summed E-state index contributed by atoms with van der Waals surface area (Å²) in [5.74, 6) is -1.28. The van der Waals surface area contributed by atoms with Gasteiger partial charge in [0.15, 0.2) is 6.61 Å². The third-order valence-corrected chi connectivity index (χ3v) is 6.69. The van der Waals surface area contributed by atoms with Crippen LogP contribution in [0.1, 0.15) is 37.0 Å². The average molecular weight is 467 g/mol. The van der Waals surface area contributed by atoms with Crippen LogP contribution < -0.4 is 5.14 Å². The summed E-state index contributed by atoms with van der Waals surface area (Å²) in [7, 11) is -4.01. The second-order valence-electron chi connectivity index (χ2n) is 6.64. The first-order valence-corrected chi connectivity index (χ1v) is 11.6. The quantitative estimate of drug-likeness (QED) is 0.423. The molecule has 0 amide bonds. The fraction of sp³-hybridized carbons (Fsp3) is 0.200. The molecule has 2 N–H and O–H groups in total. The zero-order valence-corrected chi connectivity index (χ0v) is 18.6. The number of nitrogens with zero attached hydrogens (tertiary/aromatic N) is 1. The van der Waals surface area contributed by atoms with E-state index in [9.17, 15) is 18.0 Å². The van der Waals surface area contributed by atoms with Crippen molar-refractivity contribution in [3.63, 3.8) is 0 Å². The fourth-order valence-electron chi connectivity index (χ4n) is 3.01. The number of halogens is 1. The predicted molar refractivity (Wildman–Crippen MR) is 115 cm³/mol. The van der Waals surface area contributed by atoms with Crippen molar-refractivity contribution in [2.75, 3.05) is 6.61 Å². The molecule has 0 saturated heterocycles. The summed E-state index contributed by atoms with van der Waals surface area (Å²) >= 11 is 7.60. The van der Waals surface area contributed by atoms with Gasteiger partial charge in [0.25, 0.3) is 0 Å². The summed E-state index contributed by atoms with van der Waals surface area (Å²) in [5, 5.41) is 7.06. The second-order valence-corrected chi connectivity index (χ2v) is 9.64. The lowest BCUT2D eigenvalue weighted by molar-refractivity contribution is 0.0474. The maximum absolute atomic E-state index is 12.6. The molecular weight excluding hydrogens is 448 g/mol. The molecular formula is C20H19ClN2O5S2. The molecule has 1 aromatic carbocycles. The number of Topliss-reactive ketones (excluding diaryl/α,β-unsaturated/α-hetero) is 1. The molecule has 3 rings (SSSR count). The molecule has 0 aliphatic carbocycles. The number of ether oxygens (including phenoxy) is 1. The van der Waals surface area contributed by atoms with Gasteiger partial charge in [-0.15, -0.1) is 11.3 Å². The van der Waals surface area contributed by atoms with Crippen molar-refractivity contribution in [3.05, 3.63) is 74.2 Å². The molecule has 0 saturated carbocycles. The van der Waals surface area contributed by atoms with Crippen LogP contribution in [0.5, 0.6) is 0 Å². The summed E-state index contributed by atoms with van der Waals surface area (Å²) < 4.78 is 30.1. The Morgan fingerprint density at radius 3 is 2.53 bits per heavy atom. The highest BCUT2D eigenvalue weighted by molar-refractivity contribution is 7.89. The van der Waals surface area contributed by atoms with Crippen molar-refractivity contribution in [3.8, 4) is 0 Å². The van der Waals surface area contributed by atoms with E-state index in [1.165, 1.54) is 12.1 Å². The van der Waals surface area contributed by atoms with Crippen LogP contribution in [0.2, 0.25) is 5.02 Å². The standard InChI is InChI=1S/C20H19ClN2O5S2/c1-12-8-16(13(2)23(12)10-14-4-3-7-29-14)19(24)11-28-20(25)17-9-15(30(22,26)27)5-6-18(17)21/h3-9H,10-11H2,1-2H3,(H2,22,26,27). The minimum absolute atomic E-state index is 0.00558. The molecule has 0 fully saturated rings. The molecule has 0 aliphatic rings. The van der Waals surface area contributed by atoms with Crippen molar-refractivity contribution < 1.29 is 22.7 Å². The Kier molecular flexibility index (Phi) is 6.47. The summed E-state index contributed by atoms with van der Waals surface area (Å²) in [6.45, 7) is 3.89. The molecule has 2 aromatic heterocycles. The molecule has 0 aliphatic heterocycles. The van der Waals surface area contributed by atoms with Crippen LogP contribution in [0.4, 0.5) is 0 Å². The van der Waals surface area contributed by atoms with Crippen LogP contribution in [0.3, 0.4) is 0 Å². The average Bonchev–Trinajstić information content (AvgIpc) is 3.29. The van der Waals surface area contributed by atoms with E-state index in [1.807, 2.05) is 35.9 Å². The van der Waals surface area contributed by atoms with Gasteiger partial charge in [-0.25, -0.2) is 18.4 Å². The SMILES string of the molecule is Cc1cc(C(=O)COC(=O)c2cc(S(N)(=O)=O)ccc2Cl)c(C)n1Cc1cccs1. The first kappa shape index (κ1) is 22.2. The largest absolute Gasteiger partial charge is 0.454 e. The van der Waals surface area contributed by atoms with Crippen molar-refractivity contribution in [1.82, 2.24) is 4.57 Å². The van der Waals surface area contributed by atoms with Gasteiger partial charge in [0.05, 0.1) is 22.0 Å². The van der Waals surface area contributed by atoms with Crippen molar-refractivity contribution >= 4 is 44.7 Å². The van der Waals surface area contributed by atoms with E-state index >= 15 is 0 Å². The second kappa shape index (κ2) is 8.73. The Labute approximate surface area is 183 Å². The van der Waals surface area contributed by atoms with Gasteiger partial charge in [-0.1, -0.05) is 17.7 Å². The first-order valence-electron chi connectivity index (χ1n) is 8.79. The van der Waals surface area contributed by atoms with Crippen LogP contribution >= 0.6 is 22.9 Å². The van der Waals surface area contributed by atoms with Gasteiger partial charge >= 0.3 is 5.97 Å². The number of benzene rings is 1. The number of hydrogen-bond donors (Lipinski definition) is 1. The Hall–Kier alpha value is -2.46. The third-order valence-electron chi connectivity index (χ3n) is 4.59. The monoisotopic (exact) mass is 466 g/mol. The molecule has 0 radical (unpaired) electrons. The number of thiophene rings is 1. The lowest BCUT2D eigenvalue weighted by Gasteiger charge is -2.09. The summed E-state index contributed by atoms with van der Waals surface area (Å²) in [6, 6.07) is 9.19. The number of sulfonamides is 1. The van der Waals surface area contributed by atoms with E-state index in [0.29, 0.717) is 12.1 Å². The van der Waals surface area contributed by atoms with Gasteiger partial charge in [-0.05, 0) is 49.6 Å². The van der Waals surface area contributed by atoms with Gasteiger partial charge < -0.3 is 9.30 Å². The van der Waals surface area contributed by atoms with Crippen LogP contribution in [0, 0.1) is 13.8 Å². The molecule has 0 bridgehead atoms. The molecule has 10 heteroatoms. The maximum atomic E-state index is 12.6. The number of aromatic nitrogens is 1. The van der Waals surface area contributed by atoms with Gasteiger partial charge in [-0.2, -0.15) is 0 Å². The van der Waals surface area contributed by atoms with E-state index in [2.05, 4.69) is 0 Å². The molecule has 158 valence electrons. The molecule has 0 atom stereocenters. The van der Waals surface area contributed by atoms with E-state index < -0.39 is 22.6 Å². The van der Waals surface area contributed by atoms with Crippen LogP contribution in [-0.4, -0.2) is 31.3 Å². The number of ketones is 1. The highest BCUT2D eigenvalue weighted by Gasteiger charge is 2.21. The molecule has 0 unspecified atom stereocenters. The Balaban J connectivity index is 1.74. The fourth-order valence-corrected chi connectivity index (χ4v) is 4.44. The Bertz CT molecular complexity index is 1210. The lowest BCUT2D eigenvalue weighted by Crippen LogP contribution is -2.17. The van der Waals surface area contributed by atoms with Crippen molar-refractivity contribution in [2.45, 2.75) is 25.3 Å². The highest BCUT2D eigenvalue weighted by Crippen LogP contribution is 2.22. The number of nitrogens with two attached hydrogens (primary N) is 1. The summed E-state index contributed by atoms with van der Waals surface area (Å²) in [6.07, 6.45) is 0. The van der Waals surface area contributed by atoms with Crippen LogP contribution in [-0.2, 0) is 21.3 Å². The number of carbonyl (C=O) groups excluding carboxylic acids is 2. The third kappa shape index (κ3) is 4.81. The number of aryl methyl sites for hydroxylation is 1. The summed E-state index contributed by atoms with van der Waals surface area (Å²) in [5.41, 5.74) is 1.97. The Morgan fingerprint density at radius 2 is 1.90 bits per heavy atom. The smallest absolute Gasteiger partial charge is 0.340 e. The highest BCUT2D eigenvalue weighted by atomic mass is 35.5. The molecule has 7 nitrogen and oxygen atoms in total. The van der Waals surface area contributed by atoms with Gasteiger partial charge in [0, 0.05) is 21.8 Å². The van der Waals surface area contributed by atoms with E-state index in [1.54, 1.807) is 17.4 Å². The number of esters is 1. The zero-order chi connectivity index (χ0) is 22.1. The van der Waals surface area contributed by atoms with Crippen molar-refractivity contribution in [1.29, 1.82) is 0 Å². The van der Waals surface area contributed by atoms with Gasteiger partial charge in [-0.3, -0.25) is 4.79 Å². The topological polar surface area (TPSA) is 108 Å². The predicted octanol–water partition coefficient (Wildman–Crippen LogP) is 3.56. The molecule has 2 heterocycles. The minimum atomic E-state index is -4.01. The molecule has 3 aromatic rings. The van der Waals surface area contributed by atoms with Crippen molar-refractivity contribution in [2.24, 2.45) is 5.14 Å². The number of carbonyl (C=O) groups is 2. The van der Waals surface area contributed by atoms with E-state index in [-0.39, 0.29) is 21.3 Å². The van der Waals surface area contributed by atoms with Gasteiger partial charge in [0.1, 0.15) is 0 Å². The first-order chi connectivity index (χ1) is 14.1. The Morgan fingerprint density at radius 1 is 1.17 bits per heavy atom. The van der Waals surface area contributed by atoms with E-state index in [0.717, 1.165) is 22.3 Å². The number of primary sulfonamides is 1. The lowest BCUT2D eigenvalue weighted by atomic mass is 10.1. The van der Waals surface area contributed by atoms with Crippen LogP contribution in [0.15, 0.2) is 46.7 Å². The maximum Gasteiger partial charge on any atom is 0.340 e. The summed E-state index contributed by atoms with van der Waals surface area (Å²) in [4.78, 5) is 25.9. The molecule has 30 heavy (non-hydrogen) atoms. The normalized spacial score (nSPS) is 11.5. The van der Waals surface area contributed by atoms with Crippen LogP contribution in [0.25, 0.3) is 0 Å². The zero-order valence-electron chi connectivity index (χ0n) is 16.2. The van der Waals surface area contributed by atoms with Gasteiger partial charge in [0.2, 0.25) is 15.8 Å². The number of rotatable bonds is 7. The molecule has 0 spiro atoms. The number of hydrogen-bond acceptors (Lipinski definition) is 6. The van der Waals surface area contributed by atoms with E-state index in [4.69, 9.17) is 21.5 Å².